The molecular weight excluding hydrogens is 326 g/mol. The van der Waals surface area contributed by atoms with Crippen molar-refractivity contribution in [2.24, 2.45) is 5.92 Å². The van der Waals surface area contributed by atoms with Crippen LogP contribution >= 0.6 is 11.3 Å². The molecule has 6 heteroatoms. The number of benzene rings is 1. The second kappa shape index (κ2) is 7.05. The minimum Gasteiger partial charge on any atom is -0.497 e. The van der Waals surface area contributed by atoms with Gasteiger partial charge in [0, 0.05) is 0 Å². The molecule has 1 saturated carbocycles. The van der Waals surface area contributed by atoms with Crippen molar-refractivity contribution in [1.82, 2.24) is 5.32 Å². The molecule has 0 saturated heterocycles. The molecule has 1 aromatic carbocycles. The minimum absolute atomic E-state index is 0.0783. The lowest BCUT2D eigenvalue weighted by Gasteiger charge is -2.34. The van der Waals surface area contributed by atoms with Crippen LogP contribution in [0, 0.1) is 5.92 Å². The number of carboxylic acid groups (broad SMARTS) is 1. The summed E-state index contributed by atoms with van der Waals surface area (Å²) in [7, 11) is 1.62. The topological polar surface area (TPSA) is 75.6 Å². The predicted molar refractivity (Wildman–Crippen MR) is 91.8 cm³/mol. The maximum Gasteiger partial charge on any atom is 0.346 e. The number of hydrogen-bond donors (Lipinski definition) is 2. The zero-order valence-corrected chi connectivity index (χ0v) is 14.1. The molecule has 3 rings (SSSR count). The fourth-order valence-corrected chi connectivity index (χ4v) is 3.66. The number of aromatic carboxylic acids is 1. The van der Waals surface area contributed by atoms with Gasteiger partial charge >= 0.3 is 5.97 Å². The van der Waals surface area contributed by atoms with Crippen LogP contribution in [0.1, 0.15) is 50.9 Å². The van der Waals surface area contributed by atoms with E-state index in [0.717, 1.165) is 41.9 Å². The molecule has 1 atom stereocenters. The SMILES string of the molecule is COc1ccc(C(NC(=O)c2ccsc2C(=O)O)C2CCC2)cc1. The molecule has 0 spiro atoms. The summed E-state index contributed by atoms with van der Waals surface area (Å²) in [4.78, 5) is 23.9. The minimum atomic E-state index is -1.07. The lowest BCUT2D eigenvalue weighted by molar-refractivity contribution is 0.0695. The summed E-state index contributed by atoms with van der Waals surface area (Å²) < 4.78 is 5.18. The van der Waals surface area contributed by atoms with E-state index < -0.39 is 5.97 Å². The zero-order chi connectivity index (χ0) is 17.1. The summed E-state index contributed by atoms with van der Waals surface area (Å²) in [6.07, 6.45) is 3.28. The van der Waals surface area contributed by atoms with E-state index >= 15 is 0 Å². The fraction of sp³-hybridized carbons (Fsp3) is 0.333. The van der Waals surface area contributed by atoms with Crippen LogP contribution in [-0.4, -0.2) is 24.1 Å². The summed E-state index contributed by atoms with van der Waals surface area (Å²) in [5, 5.41) is 13.9. The Bertz CT molecular complexity index is 734. The molecule has 1 aliphatic rings. The van der Waals surface area contributed by atoms with Crippen molar-refractivity contribution in [3.63, 3.8) is 0 Å². The van der Waals surface area contributed by atoms with E-state index in [1.54, 1.807) is 18.6 Å². The van der Waals surface area contributed by atoms with Gasteiger partial charge in [0.2, 0.25) is 0 Å². The Kier molecular flexibility index (Phi) is 4.85. The lowest BCUT2D eigenvalue weighted by Crippen LogP contribution is -2.36. The number of rotatable bonds is 6. The van der Waals surface area contributed by atoms with Crippen LogP contribution in [0.2, 0.25) is 0 Å². The third kappa shape index (κ3) is 3.28. The molecule has 2 aromatic rings. The van der Waals surface area contributed by atoms with E-state index in [0.29, 0.717) is 5.92 Å². The molecule has 2 N–H and O–H groups in total. The Labute approximate surface area is 144 Å². The van der Waals surface area contributed by atoms with Crippen molar-refractivity contribution in [1.29, 1.82) is 0 Å². The van der Waals surface area contributed by atoms with E-state index in [1.807, 2.05) is 24.3 Å². The molecule has 1 heterocycles. The van der Waals surface area contributed by atoms with Crippen molar-refractivity contribution in [3.05, 3.63) is 51.7 Å². The third-order valence-corrected chi connectivity index (χ3v) is 5.39. The van der Waals surface area contributed by atoms with Gasteiger partial charge < -0.3 is 15.2 Å². The molecule has 1 amide bonds. The van der Waals surface area contributed by atoms with Crippen molar-refractivity contribution < 1.29 is 19.4 Å². The molecule has 1 aliphatic carbocycles. The molecule has 0 bridgehead atoms. The first kappa shape index (κ1) is 16.5. The molecule has 126 valence electrons. The van der Waals surface area contributed by atoms with Crippen molar-refractivity contribution in [3.8, 4) is 5.75 Å². The first-order chi connectivity index (χ1) is 11.6. The van der Waals surface area contributed by atoms with Gasteiger partial charge in [-0.25, -0.2) is 4.79 Å². The summed E-state index contributed by atoms with van der Waals surface area (Å²) in [5.74, 6) is -0.251. The third-order valence-electron chi connectivity index (χ3n) is 4.49. The summed E-state index contributed by atoms with van der Waals surface area (Å²) in [5.41, 5.74) is 1.24. The summed E-state index contributed by atoms with van der Waals surface area (Å²) in [6, 6.07) is 9.11. The largest absolute Gasteiger partial charge is 0.497 e. The standard InChI is InChI=1S/C18H19NO4S/c1-23-13-7-5-12(6-8-13)15(11-3-2-4-11)19-17(20)14-9-10-24-16(14)18(21)22/h5-11,15H,2-4H2,1H3,(H,19,20)(H,21,22). The van der Waals surface area contributed by atoms with Crippen LogP contribution in [-0.2, 0) is 0 Å². The molecule has 24 heavy (non-hydrogen) atoms. The quantitative estimate of drug-likeness (QED) is 0.836. The number of methoxy groups -OCH3 is 1. The van der Waals surface area contributed by atoms with E-state index in [1.165, 1.54) is 0 Å². The van der Waals surface area contributed by atoms with Gasteiger partial charge in [0.1, 0.15) is 10.6 Å². The highest BCUT2D eigenvalue weighted by molar-refractivity contribution is 7.12. The Morgan fingerprint density at radius 2 is 1.96 bits per heavy atom. The van der Waals surface area contributed by atoms with Gasteiger partial charge in [-0.15, -0.1) is 11.3 Å². The van der Waals surface area contributed by atoms with Gasteiger partial charge in [-0.1, -0.05) is 18.6 Å². The van der Waals surface area contributed by atoms with Crippen LogP contribution in [0.15, 0.2) is 35.7 Å². The van der Waals surface area contributed by atoms with Crippen LogP contribution < -0.4 is 10.1 Å². The molecular formula is C18H19NO4S. The predicted octanol–water partition coefficient (Wildman–Crippen LogP) is 3.73. The Morgan fingerprint density at radius 1 is 1.25 bits per heavy atom. The van der Waals surface area contributed by atoms with Crippen LogP contribution in [0.3, 0.4) is 0 Å². The number of carboxylic acids is 1. The maximum atomic E-state index is 12.6. The lowest BCUT2D eigenvalue weighted by atomic mass is 9.77. The molecule has 0 radical (unpaired) electrons. The van der Waals surface area contributed by atoms with Crippen LogP contribution in [0.25, 0.3) is 0 Å². The first-order valence-electron chi connectivity index (χ1n) is 7.85. The van der Waals surface area contributed by atoms with Gasteiger partial charge in [0.25, 0.3) is 5.91 Å². The zero-order valence-electron chi connectivity index (χ0n) is 13.3. The van der Waals surface area contributed by atoms with Crippen molar-refractivity contribution >= 4 is 23.2 Å². The van der Waals surface area contributed by atoms with E-state index in [4.69, 9.17) is 4.74 Å². The average Bonchev–Trinajstić information content (AvgIpc) is 3.02. The first-order valence-corrected chi connectivity index (χ1v) is 8.73. The van der Waals surface area contributed by atoms with Gasteiger partial charge in [0.15, 0.2) is 0 Å². The number of carbonyl (C=O) groups excluding carboxylic acids is 1. The number of carbonyl (C=O) groups is 2. The molecule has 0 aliphatic heterocycles. The highest BCUT2D eigenvalue weighted by atomic mass is 32.1. The van der Waals surface area contributed by atoms with Gasteiger partial charge in [-0.05, 0) is 47.9 Å². The van der Waals surface area contributed by atoms with Gasteiger partial charge in [0.05, 0.1) is 18.7 Å². The summed E-state index contributed by atoms with van der Waals surface area (Å²) in [6.45, 7) is 0. The molecule has 1 aromatic heterocycles. The van der Waals surface area contributed by atoms with Gasteiger partial charge in [-0.3, -0.25) is 4.79 Å². The van der Waals surface area contributed by atoms with Gasteiger partial charge in [-0.2, -0.15) is 0 Å². The fourth-order valence-electron chi connectivity index (χ4n) is 2.93. The second-order valence-electron chi connectivity index (χ2n) is 5.88. The molecule has 1 fully saturated rings. The van der Waals surface area contributed by atoms with E-state index in [9.17, 15) is 14.7 Å². The maximum absolute atomic E-state index is 12.6. The van der Waals surface area contributed by atoms with E-state index in [-0.39, 0.29) is 22.4 Å². The van der Waals surface area contributed by atoms with E-state index in [2.05, 4.69) is 5.32 Å². The number of ether oxygens (including phenoxy) is 1. The summed E-state index contributed by atoms with van der Waals surface area (Å²) >= 11 is 1.07. The molecule has 1 unspecified atom stereocenters. The highest BCUT2D eigenvalue weighted by Gasteiger charge is 2.31. The second-order valence-corrected chi connectivity index (χ2v) is 6.80. The normalized spacial score (nSPS) is 15.4. The Balaban J connectivity index is 1.82. The number of amides is 1. The highest BCUT2D eigenvalue weighted by Crippen LogP contribution is 2.38. The van der Waals surface area contributed by atoms with Crippen LogP contribution in [0.5, 0.6) is 5.75 Å². The Morgan fingerprint density at radius 3 is 2.50 bits per heavy atom. The Hall–Kier alpha value is -2.34. The van der Waals surface area contributed by atoms with Crippen molar-refractivity contribution in [2.45, 2.75) is 25.3 Å². The van der Waals surface area contributed by atoms with Crippen LogP contribution in [0.4, 0.5) is 0 Å². The number of thiophene rings is 1. The number of hydrogen-bond acceptors (Lipinski definition) is 4. The smallest absolute Gasteiger partial charge is 0.346 e. The number of nitrogens with one attached hydrogen (secondary N) is 1. The van der Waals surface area contributed by atoms with Crippen molar-refractivity contribution in [2.75, 3.05) is 7.11 Å². The monoisotopic (exact) mass is 345 g/mol. The molecule has 5 nitrogen and oxygen atoms in total. The average molecular weight is 345 g/mol.